The van der Waals surface area contributed by atoms with Crippen molar-refractivity contribution in [2.75, 3.05) is 14.2 Å². The summed E-state index contributed by atoms with van der Waals surface area (Å²) < 4.78 is 41.3. The maximum Gasteiger partial charge on any atom is 0.345 e. The lowest BCUT2D eigenvalue weighted by atomic mass is 9.88. The molecule has 0 aromatic heterocycles. The summed E-state index contributed by atoms with van der Waals surface area (Å²) in [4.78, 5) is 43.5. The van der Waals surface area contributed by atoms with Gasteiger partial charge in [0.2, 0.25) is 0 Å². The molecule has 28 heavy (non-hydrogen) atoms. The number of ether oxygens (including phenoxy) is 3. The molecule has 0 aliphatic heterocycles. The number of methoxy groups -OCH3 is 2. The van der Waals surface area contributed by atoms with E-state index in [4.69, 9.17) is 0 Å². The van der Waals surface area contributed by atoms with Gasteiger partial charge in [0.05, 0.1) is 25.7 Å². The molecule has 1 aromatic rings. The minimum atomic E-state index is -3.61. The van der Waals surface area contributed by atoms with Crippen molar-refractivity contribution in [2.24, 2.45) is 11.8 Å². The SMILES string of the molecule is COC(=O)C(C(=O)OC)C(CCCC(=O)OC(=O)c1ccccc1)C(F)(F)Br. The van der Waals surface area contributed by atoms with E-state index in [2.05, 4.69) is 30.1 Å². The Morgan fingerprint density at radius 2 is 1.57 bits per heavy atom. The summed E-state index contributed by atoms with van der Waals surface area (Å²) in [5.74, 6) is -7.86. The average Bonchev–Trinajstić information content (AvgIpc) is 2.66. The summed E-state index contributed by atoms with van der Waals surface area (Å²) in [5.41, 5.74) is 0.164. The summed E-state index contributed by atoms with van der Waals surface area (Å²) in [7, 11) is 1.91. The van der Waals surface area contributed by atoms with E-state index in [1.165, 1.54) is 12.1 Å². The minimum Gasteiger partial charge on any atom is -0.468 e. The number of halogens is 3. The first-order valence-electron chi connectivity index (χ1n) is 8.14. The lowest BCUT2D eigenvalue weighted by molar-refractivity contribution is -0.166. The van der Waals surface area contributed by atoms with Gasteiger partial charge in [0, 0.05) is 6.42 Å². The fourth-order valence-corrected chi connectivity index (χ4v) is 2.95. The molecule has 1 unspecified atom stereocenters. The second-order valence-corrected chi connectivity index (χ2v) is 6.75. The lowest BCUT2D eigenvalue weighted by Crippen LogP contribution is -2.40. The first-order chi connectivity index (χ1) is 13.1. The Morgan fingerprint density at radius 3 is 2.04 bits per heavy atom. The Balaban J connectivity index is 2.73. The van der Waals surface area contributed by atoms with Gasteiger partial charge in [-0.2, -0.15) is 8.78 Å². The summed E-state index contributed by atoms with van der Waals surface area (Å²) in [5, 5.41) is 0. The Kier molecular flexibility index (Phi) is 9.17. The van der Waals surface area contributed by atoms with Gasteiger partial charge in [-0.25, -0.2) is 4.79 Å². The Morgan fingerprint density at radius 1 is 1.04 bits per heavy atom. The molecule has 0 saturated carbocycles. The first kappa shape index (κ1) is 23.7. The van der Waals surface area contributed by atoms with Crippen molar-refractivity contribution < 1.29 is 42.2 Å². The molecule has 7 nitrogen and oxygen atoms in total. The number of esters is 4. The predicted molar refractivity (Wildman–Crippen MR) is 95.6 cm³/mol. The van der Waals surface area contributed by atoms with E-state index in [9.17, 15) is 28.0 Å². The van der Waals surface area contributed by atoms with Gasteiger partial charge in [-0.3, -0.25) is 14.4 Å². The molecule has 0 spiro atoms. The zero-order valence-corrected chi connectivity index (χ0v) is 16.7. The Bertz CT molecular complexity index is 688. The minimum absolute atomic E-state index is 0.164. The number of carbonyl (C=O) groups excluding carboxylic acids is 4. The van der Waals surface area contributed by atoms with Crippen LogP contribution in [-0.2, 0) is 28.6 Å². The van der Waals surface area contributed by atoms with Gasteiger partial charge >= 0.3 is 28.7 Å². The van der Waals surface area contributed by atoms with Crippen LogP contribution in [0.1, 0.15) is 29.6 Å². The molecule has 1 rings (SSSR count). The van der Waals surface area contributed by atoms with E-state index < -0.39 is 47.0 Å². The van der Waals surface area contributed by atoms with E-state index in [0.717, 1.165) is 14.2 Å². The fourth-order valence-electron chi connectivity index (χ4n) is 2.45. The second kappa shape index (κ2) is 10.8. The van der Waals surface area contributed by atoms with Crippen LogP contribution in [0.4, 0.5) is 8.78 Å². The fraction of sp³-hybridized carbons (Fsp3) is 0.444. The number of carbonyl (C=O) groups is 4. The van der Waals surface area contributed by atoms with Crippen LogP contribution in [0.3, 0.4) is 0 Å². The third-order valence-corrected chi connectivity index (χ3v) is 4.43. The van der Waals surface area contributed by atoms with Crippen molar-refractivity contribution in [1.82, 2.24) is 0 Å². The second-order valence-electron chi connectivity index (χ2n) is 5.69. The van der Waals surface area contributed by atoms with Gasteiger partial charge in [-0.05, 0) is 40.9 Å². The van der Waals surface area contributed by atoms with Crippen LogP contribution in [0, 0.1) is 11.8 Å². The third kappa shape index (κ3) is 6.99. The number of hydrogen-bond acceptors (Lipinski definition) is 7. The van der Waals surface area contributed by atoms with Gasteiger partial charge in [0.15, 0.2) is 5.92 Å². The quantitative estimate of drug-likeness (QED) is 0.239. The number of benzene rings is 1. The predicted octanol–water partition coefficient (Wildman–Crippen LogP) is 3.11. The summed E-state index contributed by atoms with van der Waals surface area (Å²) in [6, 6.07) is 7.76. The van der Waals surface area contributed by atoms with E-state index in [1.807, 2.05) is 0 Å². The molecular weight excluding hydrogens is 446 g/mol. The molecule has 0 aliphatic rings. The van der Waals surface area contributed by atoms with Crippen molar-refractivity contribution in [1.29, 1.82) is 0 Å². The van der Waals surface area contributed by atoms with Crippen LogP contribution < -0.4 is 0 Å². The highest BCUT2D eigenvalue weighted by Gasteiger charge is 2.49. The van der Waals surface area contributed by atoms with Crippen molar-refractivity contribution in [3.05, 3.63) is 35.9 Å². The smallest absolute Gasteiger partial charge is 0.345 e. The number of hydrogen-bond donors (Lipinski definition) is 0. The maximum absolute atomic E-state index is 13.9. The summed E-state index contributed by atoms with van der Waals surface area (Å²) >= 11 is 2.16. The monoisotopic (exact) mass is 464 g/mol. The van der Waals surface area contributed by atoms with Gasteiger partial charge < -0.3 is 14.2 Å². The molecule has 0 radical (unpaired) electrons. The normalized spacial score (nSPS) is 12.2. The van der Waals surface area contributed by atoms with Crippen LogP contribution in [0.25, 0.3) is 0 Å². The average molecular weight is 465 g/mol. The lowest BCUT2D eigenvalue weighted by Gasteiger charge is -2.26. The molecule has 0 heterocycles. The Labute approximate surface area is 168 Å². The highest BCUT2D eigenvalue weighted by atomic mass is 79.9. The van der Waals surface area contributed by atoms with Crippen molar-refractivity contribution >= 4 is 39.8 Å². The highest BCUT2D eigenvalue weighted by Crippen LogP contribution is 2.40. The van der Waals surface area contributed by atoms with E-state index in [1.54, 1.807) is 18.2 Å². The first-order valence-corrected chi connectivity index (χ1v) is 8.93. The molecule has 0 bridgehead atoms. The zero-order chi connectivity index (χ0) is 21.3. The number of alkyl halides is 3. The van der Waals surface area contributed by atoms with Crippen molar-refractivity contribution in [2.45, 2.75) is 24.1 Å². The maximum atomic E-state index is 13.9. The van der Waals surface area contributed by atoms with Crippen molar-refractivity contribution in [3.8, 4) is 0 Å². The topological polar surface area (TPSA) is 96.0 Å². The van der Waals surface area contributed by atoms with Gasteiger partial charge in [0.1, 0.15) is 0 Å². The zero-order valence-electron chi connectivity index (χ0n) is 15.2. The molecule has 1 atom stereocenters. The molecule has 1 aromatic carbocycles. The standard InChI is InChI=1S/C18H19BrF2O7/c1-26-16(24)14(17(25)27-2)12(18(19,20)21)9-6-10-13(22)28-15(23)11-7-4-3-5-8-11/h3-5,7-8,12,14H,6,9-10H2,1-2H3. The van der Waals surface area contributed by atoms with Gasteiger partial charge in [-0.1, -0.05) is 18.2 Å². The largest absolute Gasteiger partial charge is 0.468 e. The molecule has 10 heteroatoms. The van der Waals surface area contributed by atoms with Crippen LogP contribution in [0.15, 0.2) is 30.3 Å². The highest BCUT2D eigenvalue weighted by molar-refractivity contribution is 9.10. The van der Waals surface area contributed by atoms with Crippen LogP contribution in [0.2, 0.25) is 0 Å². The number of rotatable bonds is 9. The Hall–Kier alpha value is -2.36. The molecular formula is C18H19BrF2O7. The van der Waals surface area contributed by atoms with Crippen molar-refractivity contribution in [3.63, 3.8) is 0 Å². The van der Waals surface area contributed by atoms with Crippen LogP contribution >= 0.6 is 15.9 Å². The third-order valence-electron chi connectivity index (χ3n) is 3.85. The summed E-state index contributed by atoms with van der Waals surface area (Å²) in [6.45, 7) is 0. The molecule has 154 valence electrons. The molecule has 0 aliphatic carbocycles. The van der Waals surface area contributed by atoms with Gasteiger partial charge in [-0.15, -0.1) is 0 Å². The molecule has 0 saturated heterocycles. The van der Waals surface area contributed by atoms with E-state index >= 15 is 0 Å². The van der Waals surface area contributed by atoms with Crippen LogP contribution in [-0.4, -0.2) is 42.9 Å². The van der Waals surface area contributed by atoms with Gasteiger partial charge in [0.25, 0.3) is 0 Å². The van der Waals surface area contributed by atoms with E-state index in [0.29, 0.717) is 0 Å². The van der Waals surface area contributed by atoms with Crippen LogP contribution in [0.5, 0.6) is 0 Å². The molecule has 0 amide bonds. The van der Waals surface area contributed by atoms with E-state index in [-0.39, 0.29) is 18.4 Å². The summed E-state index contributed by atoms with van der Waals surface area (Å²) in [6.07, 6.45) is -0.952. The molecule has 0 N–H and O–H groups in total. The molecule has 0 fully saturated rings.